The summed E-state index contributed by atoms with van der Waals surface area (Å²) in [5.41, 5.74) is 1.07. The summed E-state index contributed by atoms with van der Waals surface area (Å²) < 4.78 is 5.44. The number of likely N-dealkylation sites (tertiary alicyclic amines) is 1. The normalized spacial score (nSPS) is 22.4. The molecular formula is C17H30N6OS. The van der Waals surface area contributed by atoms with Gasteiger partial charge >= 0.3 is 0 Å². The third-order valence-corrected chi connectivity index (χ3v) is 5.82. The van der Waals surface area contributed by atoms with Gasteiger partial charge in [0, 0.05) is 59.2 Å². The average molecular weight is 367 g/mol. The zero-order chi connectivity index (χ0) is 17.6. The van der Waals surface area contributed by atoms with Crippen LogP contribution in [0.3, 0.4) is 0 Å². The fraction of sp³-hybridized carbons (Fsp3) is 0.765. The molecule has 3 rings (SSSR count). The fourth-order valence-electron chi connectivity index (χ4n) is 3.41. The predicted molar refractivity (Wildman–Crippen MR) is 104 cm³/mol. The molecule has 0 spiro atoms. The Labute approximate surface area is 154 Å². The average Bonchev–Trinajstić information content (AvgIpc) is 3.26. The lowest BCUT2D eigenvalue weighted by molar-refractivity contribution is 0.0315. The third kappa shape index (κ3) is 5.05. The first-order valence-electron chi connectivity index (χ1n) is 9.03. The first kappa shape index (κ1) is 18.4. The summed E-state index contributed by atoms with van der Waals surface area (Å²) in [4.78, 5) is 16.1. The number of nitrogens with one attached hydrogen (secondary N) is 1. The molecule has 3 heterocycles. The number of aromatic nitrogens is 1. The third-order valence-electron chi connectivity index (χ3n) is 4.77. The maximum atomic E-state index is 5.44. The van der Waals surface area contributed by atoms with Crippen LogP contribution in [0.4, 0.5) is 5.13 Å². The molecule has 1 N–H and O–H groups in total. The Hall–Kier alpha value is -1.38. The van der Waals surface area contributed by atoms with Crippen LogP contribution in [0.25, 0.3) is 0 Å². The van der Waals surface area contributed by atoms with Crippen molar-refractivity contribution >= 4 is 22.4 Å². The monoisotopic (exact) mass is 366 g/mol. The summed E-state index contributed by atoms with van der Waals surface area (Å²) in [6.07, 6.45) is 1.24. The van der Waals surface area contributed by atoms with Gasteiger partial charge in [0.2, 0.25) is 0 Å². The summed E-state index contributed by atoms with van der Waals surface area (Å²) >= 11 is 1.67. The molecule has 2 saturated heterocycles. The van der Waals surface area contributed by atoms with Crippen LogP contribution in [0, 0.1) is 5.92 Å². The molecule has 2 aliphatic rings. The quantitative estimate of drug-likeness (QED) is 0.618. The van der Waals surface area contributed by atoms with Crippen LogP contribution >= 0.6 is 11.3 Å². The lowest BCUT2D eigenvalue weighted by Crippen LogP contribution is -2.42. The van der Waals surface area contributed by atoms with E-state index < -0.39 is 0 Å². The molecular weight excluding hydrogens is 336 g/mol. The molecule has 0 aliphatic carbocycles. The predicted octanol–water partition coefficient (Wildman–Crippen LogP) is 0.939. The highest BCUT2D eigenvalue weighted by Crippen LogP contribution is 2.19. The molecule has 0 radical (unpaired) electrons. The van der Waals surface area contributed by atoms with Gasteiger partial charge in [0.1, 0.15) is 0 Å². The number of hydrogen-bond acceptors (Lipinski definition) is 6. The first-order chi connectivity index (χ1) is 12.2. The molecule has 0 aromatic carbocycles. The number of guanidine groups is 1. The molecule has 1 aromatic rings. The van der Waals surface area contributed by atoms with Crippen LogP contribution in [-0.2, 0) is 11.3 Å². The summed E-state index contributed by atoms with van der Waals surface area (Å²) in [6.45, 7) is 7.95. The molecule has 25 heavy (non-hydrogen) atoms. The van der Waals surface area contributed by atoms with Gasteiger partial charge in [0.05, 0.1) is 25.5 Å². The number of aliphatic imine (C=N–C) groups is 1. The van der Waals surface area contributed by atoms with Crippen LogP contribution in [0.1, 0.15) is 12.1 Å². The maximum absolute atomic E-state index is 5.44. The van der Waals surface area contributed by atoms with Crippen molar-refractivity contribution in [3.8, 4) is 0 Å². The summed E-state index contributed by atoms with van der Waals surface area (Å²) in [5, 5.41) is 6.62. The van der Waals surface area contributed by atoms with Gasteiger partial charge in [-0.3, -0.25) is 9.89 Å². The zero-order valence-corrected chi connectivity index (χ0v) is 16.4. The minimum absolute atomic E-state index is 0.719. The van der Waals surface area contributed by atoms with Gasteiger partial charge in [-0.15, -0.1) is 11.3 Å². The summed E-state index contributed by atoms with van der Waals surface area (Å²) in [5.74, 6) is 1.71. The molecule has 0 amide bonds. The van der Waals surface area contributed by atoms with E-state index in [0.717, 1.165) is 68.6 Å². The van der Waals surface area contributed by atoms with Gasteiger partial charge in [-0.2, -0.15) is 0 Å². The van der Waals surface area contributed by atoms with E-state index in [0.29, 0.717) is 0 Å². The van der Waals surface area contributed by atoms with Crippen molar-refractivity contribution in [1.29, 1.82) is 0 Å². The molecule has 7 nitrogen and oxygen atoms in total. The Morgan fingerprint density at radius 2 is 2.20 bits per heavy atom. The van der Waals surface area contributed by atoms with Gasteiger partial charge in [-0.05, 0) is 12.3 Å². The van der Waals surface area contributed by atoms with E-state index in [1.54, 1.807) is 11.3 Å². The second kappa shape index (κ2) is 8.82. The highest BCUT2D eigenvalue weighted by Gasteiger charge is 2.27. The van der Waals surface area contributed by atoms with Crippen molar-refractivity contribution < 1.29 is 4.74 Å². The Morgan fingerprint density at radius 3 is 2.88 bits per heavy atom. The van der Waals surface area contributed by atoms with E-state index >= 15 is 0 Å². The molecule has 1 aromatic heterocycles. The van der Waals surface area contributed by atoms with Gasteiger partial charge < -0.3 is 19.9 Å². The van der Waals surface area contributed by atoms with Crippen molar-refractivity contribution in [2.75, 3.05) is 72.0 Å². The minimum atomic E-state index is 0.719. The Kier molecular flexibility index (Phi) is 6.50. The van der Waals surface area contributed by atoms with Gasteiger partial charge in [-0.25, -0.2) is 4.98 Å². The number of hydrogen-bond donors (Lipinski definition) is 1. The smallest absolute Gasteiger partial charge is 0.193 e. The molecule has 0 saturated carbocycles. The lowest BCUT2D eigenvalue weighted by Gasteiger charge is -2.29. The molecule has 0 bridgehead atoms. The standard InChI is InChI=1S/C17H30N6OS/c1-18-16(19-10-15-13-25-17(20-15)21(2)3)23-5-4-14(12-23)11-22-6-8-24-9-7-22/h13-14H,4-12H2,1-3H3,(H,18,19). The van der Waals surface area contributed by atoms with Crippen LogP contribution in [0.2, 0.25) is 0 Å². The van der Waals surface area contributed by atoms with E-state index in [1.807, 2.05) is 26.0 Å². The van der Waals surface area contributed by atoms with E-state index in [1.165, 1.54) is 13.0 Å². The number of morpholine rings is 1. The number of ether oxygens (including phenoxy) is 1. The van der Waals surface area contributed by atoms with E-state index in [9.17, 15) is 0 Å². The molecule has 2 fully saturated rings. The molecule has 2 aliphatic heterocycles. The van der Waals surface area contributed by atoms with E-state index in [-0.39, 0.29) is 0 Å². The second-order valence-corrected chi connectivity index (χ2v) is 7.77. The highest BCUT2D eigenvalue weighted by atomic mass is 32.1. The van der Waals surface area contributed by atoms with Crippen LogP contribution in [-0.4, -0.2) is 87.8 Å². The van der Waals surface area contributed by atoms with Crippen molar-refractivity contribution in [2.45, 2.75) is 13.0 Å². The number of rotatable bonds is 5. The van der Waals surface area contributed by atoms with Crippen LogP contribution < -0.4 is 10.2 Å². The van der Waals surface area contributed by atoms with Crippen molar-refractivity contribution in [2.24, 2.45) is 10.9 Å². The number of thiazole rings is 1. The Bertz CT molecular complexity index is 569. The summed E-state index contributed by atoms with van der Waals surface area (Å²) in [6, 6.07) is 0. The molecule has 1 unspecified atom stereocenters. The Morgan fingerprint density at radius 1 is 1.40 bits per heavy atom. The fourth-order valence-corrected chi connectivity index (χ4v) is 4.17. The van der Waals surface area contributed by atoms with Gasteiger partial charge in [0.15, 0.2) is 11.1 Å². The topological polar surface area (TPSA) is 56.2 Å². The van der Waals surface area contributed by atoms with E-state index in [4.69, 9.17) is 4.74 Å². The lowest BCUT2D eigenvalue weighted by atomic mass is 10.1. The minimum Gasteiger partial charge on any atom is -0.379 e. The first-order valence-corrected chi connectivity index (χ1v) is 9.91. The van der Waals surface area contributed by atoms with Crippen LogP contribution in [0.15, 0.2) is 10.4 Å². The van der Waals surface area contributed by atoms with E-state index in [2.05, 4.69) is 30.5 Å². The van der Waals surface area contributed by atoms with Crippen molar-refractivity contribution in [1.82, 2.24) is 20.1 Å². The molecule has 8 heteroatoms. The second-order valence-electron chi connectivity index (χ2n) is 6.93. The van der Waals surface area contributed by atoms with Crippen molar-refractivity contribution in [3.63, 3.8) is 0 Å². The molecule has 140 valence electrons. The SMILES string of the molecule is CN=C(NCc1csc(N(C)C)n1)N1CCC(CN2CCOCC2)C1. The summed E-state index contributed by atoms with van der Waals surface area (Å²) in [7, 11) is 5.91. The van der Waals surface area contributed by atoms with Crippen molar-refractivity contribution in [3.05, 3.63) is 11.1 Å². The number of nitrogens with zero attached hydrogens (tertiary/aromatic N) is 5. The maximum Gasteiger partial charge on any atom is 0.193 e. The largest absolute Gasteiger partial charge is 0.379 e. The molecule has 1 atom stereocenters. The van der Waals surface area contributed by atoms with Gasteiger partial charge in [-0.1, -0.05) is 0 Å². The Balaban J connectivity index is 1.46. The highest BCUT2D eigenvalue weighted by molar-refractivity contribution is 7.13. The van der Waals surface area contributed by atoms with Gasteiger partial charge in [0.25, 0.3) is 0 Å². The van der Waals surface area contributed by atoms with Crippen LogP contribution in [0.5, 0.6) is 0 Å². The zero-order valence-electron chi connectivity index (χ0n) is 15.6. The number of anilines is 1.